The SMILES string of the molecule is Bc1ccc(C(=O)N(CC(=O)NN)[C@H](C)CNC(=O)c2ccc(BO)cc2F)c(F)c1. The monoisotopic (exact) mass is 430 g/mol. The van der Waals surface area contributed by atoms with Gasteiger partial charge >= 0.3 is 7.48 Å². The molecule has 0 aliphatic heterocycles. The molecule has 0 radical (unpaired) electrons. The van der Waals surface area contributed by atoms with Crippen LogP contribution in [0.25, 0.3) is 0 Å². The lowest BCUT2D eigenvalue weighted by Crippen LogP contribution is -2.50. The average Bonchev–Trinajstić information content (AvgIpc) is 2.74. The molecular weight excluding hydrogens is 408 g/mol. The van der Waals surface area contributed by atoms with Gasteiger partial charge in [-0.25, -0.2) is 14.6 Å². The van der Waals surface area contributed by atoms with Gasteiger partial charge in [0.15, 0.2) is 0 Å². The number of carbonyl (C=O) groups is 3. The normalized spacial score (nSPS) is 11.4. The van der Waals surface area contributed by atoms with Gasteiger partial charge in [-0.05, 0) is 31.2 Å². The third-order valence-electron chi connectivity index (χ3n) is 4.64. The number of hydrogen-bond donors (Lipinski definition) is 4. The maximum Gasteiger partial charge on any atom is 0.304 e. The Morgan fingerprint density at radius 3 is 2.39 bits per heavy atom. The van der Waals surface area contributed by atoms with Crippen LogP contribution in [0, 0.1) is 11.6 Å². The third kappa shape index (κ3) is 6.12. The van der Waals surface area contributed by atoms with Crippen LogP contribution < -0.4 is 27.5 Å². The molecule has 2 rings (SSSR count). The molecule has 0 saturated heterocycles. The van der Waals surface area contributed by atoms with E-state index in [-0.39, 0.29) is 25.2 Å². The van der Waals surface area contributed by atoms with E-state index in [9.17, 15) is 23.2 Å². The molecule has 31 heavy (non-hydrogen) atoms. The smallest absolute Gasteiger partial charge is 0.304 e. The second-order valence-electron chi connectivity index (χ2n) is 7.02. The van der Waals surface area contributed by atoms with Crippen molar-refractivity contribution in [1.29, 1.82) is 0 Å². The van der Waals surface area contributed by atoms with Gasteiger partial charge in [-0.2, -0.15) is 0 Å². The van der Waals surface area contributed by atoms with Crippen LogP contribution in [0.4, 0.5) is 8.78 Å². The standard InChI is InChI=1S/C19H22B2F2N4O4/c1-10(8-25-18(29)13-5-3-12(21-31)7-16(13)23)27(9-17(28)26-24)19(30)14-4-2-11(20)6-15(14)22/h2-7,10,21,31H,8-9,20,24H2,1H3,(H,25,29)(H,26,28)/t10-/m1/s1. The summed E-state index contributed by atoms with van der Waals surface area (Å²) in [5.74, 6) is 1.35. The molecule has 0 spiro atoms. The van der Waals surface area contributed by atoms with Crippen molar-refractivity contribution in [3.05, 3.63) is 59.2 Å². The molecule has 0 aromatic heterocycles. The predicted octanol–water partition coefficient (Wildman–Crippen LogP) is -2.56. The van der Waals surface area contributed by atoms with E-state index >= 15 is 0 Å². The summed E-state index contributed by atoms with van der Waals surface area (Å²) >= 11 is 0. The lowest BCUT2D eigenvalue weighted by Gasteiger charge is -2.29. The number of rotatable bonds is 8. The van der Waals surface area contributed by atoms with Gasteiger partial charge in [0.05, 0.1) is 11.1 Å². The number of benzene rings is 2. The van der Waals surface area contributed by atoms with Crippen LogP contribution in [0.3, 0.4) is 0 Å². The highest BCUT2D eigenvalue weighted by atomic mass is 19.1. The van der Waals surface area contributed by atoms with Crippen LogP contribution in [0.5, 0.6) is 0 Å². The first-order valence-corrected chi connectivity index (χ1v) is 9.42. The van der Waals surface area contributed by atoms with E-state index in [1.807, 2.05) is 5.43 Å². The maximum atomic E-state index is 14.3. The Hall–Kier alpha value is -3.24. The second-order valence-corrected chi connectivity index (χ2v) is 7.02. The minimum atomic E-state index is -0.811. The summed E-state index contributed by atoms with van der Waals surface area (Å²) in [6.07, 6.45) is 0. The van der Waals surface area contributed by atoms with Gasteiger partial charge in [0.1, 0.15) is 26.0 Å². The number of halogens is 2. The molecule has 0 unspecified atom stereocenters. The molecule has 2 aromatic carbocycles. The van der Waals surface area contributed by atoms with Crippen LogP contribution in [0.2, 0.25) is 0 Å². The van der Waals surface area contributed by atoms with Crippen molar-refractivity contribution in [2.24, 2.45) is 5.84 Å². The molecule has 5 N–H and O–H groups in total. The highest BCUT2D eigenvalue weighted by molar-refractivity contribution is 6.45. The van der Waals surface area contributed by atoms with Crippen molar-refractivity contribution in [3.8, 4) is 0 Å². The summed E-state index contributed by atoms with van der Waals surface area (Å²) < 4.78 is 28.4. The van der Waals surface area contributed by atoms with Gasteiger partial charge in [0.25, 0.3) is 17.7 Å². The Kier molecular flexibility index (Phi) is 8.29. The molecule has 0 saturated carbocycles. The molecule has 0 heterocycles. The number of hydrazine groups is 1. The maximum absolute atomic E-state index is 14.3. The Morgan fingerprint density at radius 2 is 1.81 bits per heavy atom. The van der Waals surface area contributed by atoms with Gasteiger partial charge in [-0.3, -0.25) is 19.8 Å². The summed E-state index contributed by atoms with van der Waals surface area (Å²) in [6.45, 7) is 0.926. The summed E-state index contributed by atoms with van der Waals surface area (Å²) in [7, 11) is 1.30. The summed E-state index contributed by atoms with van der Waals surface area (Å²) in [6, 6.07) is 6.98. The molecular formula is C19H22B2F2N4O4. The topological polar surface area (TPSA) is 125 Å². The molecule has 0 bridgehead atoms. The van der Waals surface area contributed by atoms with Crippen LogP contribution in [0.15, 0.2) is 36.4 Å². The molecule has 8 nitrogen and oxygen atoms in total. The third-order valence-corrected chi connectivity index (χ3v) is 4.64. The largest absolute Gasteiger partial charge is 0.449 e. The first-order valence-electron chi connectivity index (χ1n) is 9.42. The number of amides is 3. The van der Waals surface area contributed by atoms with Crippen molar-refractivity contribution in [3.63, 3.8) is 0 Å². The number of nitrogens with zero attached hydrogens (tertiary/aromatic N) is 1. The minimum absolute atomic E-state index is 0.142. The molecule has 3 amide bonds. The van der Waals surface area contributed by atoms with Crippen LogP contribution >= 0.6 is 0 Å². The van der Waals surface area contributed by atoms with E-state index in [0.29, 0.717) is 10.9 Å². The fourth-order valence-electron chi connectivity index (χ4n) is 2.86. The molecule has 12 heteroatoms. The van der Waals surface area contributed by atoms with Crippen molar-refractivity contribution >= 4 is 44.0 Å². The van der Waals surface area contributed by atoms with Gasteiger partial charge in [-0.15, -0.1) is 0 Å². The number of nitrogens with two attached hydrogens (primary N) is 1. The van der Waals surface area contributed by atoms with E-state index < -0.39 is 41.9 Å². The molecule has 162 valence electrons. The number of carbonyl (C=O) groups excluding carboxylic acids is 3. The van der Waals surface area contributed by atoms with Gasteiger partial charge in [0.2, 0.25) is 0 Å². The van der Waals surface area contributed by atoms with Crippen molar-refractivity contribution in [2.75, 3.05) is 13.1 Å². The lowest BCUT2D eigenvalue weighted by atomic mass is 9.88. The first-order chi connectivity index (χ1) is 14.7. The summed E-state index contributed by atoms with van der Waals surface area (Å²) in [5.41, 5.74) is 2.36. The first kappa shape index (κ1) is 24.0. The Balaban J connectivity index is 2.17. The molecule has 0 aliphatic rings. The fraction of sp³-hybridized carbons (Fsp3) is 0.211. The molecule has 0 fully saturated rings. The summed E-state index contributed by atoms with van der Waals surface area (Å²) in [4.78, 5) is 38.0. The van der Waals surface area contributed by atoms with Gasteiger partial charge in [-0.1, -0.05) is 23.1 Å². The van der Waals surface area contributed by atoms with Gasteiger partial charge in [0, 0.05) is 12.6 Å². The van der Waals surface area contributed by atoms with Crippen molar-refractivity contribution in [2.45, 2.75) is 13.0 Å². The number of nitrogens with one attached hydrogen (secondary N) is 2. The van der Waals surface area contributed by atoms with Crippen LogP contribution in [-0.2, 0) is 4.79 Å². The molecule has 1 atom stereocenters. The highest BCUT2D eigenvalue weighted by Gasteiger charge is 2.26. The Morgan fingerprint density at radius 1 is 1.16 bits per heavy atom. The van der Waals surface area contributed by atoms with E-state index in [0.717, 1.165) is 11.0 Å². The highest BCUT2D eigenvalue weighted by Crippen LogP contribution is 2.12. The lowest BCUT2D eigenvalue weighted by molar-refractivity contribution is -0.122. The van der Waals surface area contributed by atoms with E-state index in [4.69, 9.17) is 10.9 Å². The fourth-order valence-corrected chi connectivity index (χ4v) is 2.86. The zero-order valence-corrected chi connectivity index (χ0v) is 17.1. The second kappa shape index (κ2) is 10.7. The Labute approximate surface area is 179 Å². The van der Waals surface area contributed by atoms with Gasteiger partial charge < -0.3 is 15.2 Å². The average molecular weight is 430 g/mol. The zero-order valence-electron chi connectivity index (χ0n) is 17.1. The molecule has 2 aromatic rings. The Bertz CT molecular complexity index is 993. The van der Waals surface area contributed by atoms with E-state index in [1.54, 1.807) is 20.8 Å². The molecule has 0 aliphatic carbocycles. The van der Waals surface area contributed by atoms with Crippen LogP contribution in [0.1, 0.15) is 27.6 Å². The van der Waals surface area contributed by atoms with Crippen molar-refractivity contribution in [1.82, 2.24) is 15.6 Å². The summed E-state index contributed by atoms with van der Waals surface area (Å²) in [5, 5.41) is 11.5. The quantitative estimate of drug-likeness (QED) is 0.159. The van der Waals surface area contributed by atoms with E-state index in [1.165, 1.54) is 24.3 Å². The van der Waals surface area contributed by atoms with Crippen LogP contribution in [-0.4, -0.2) is 62.1 Å². The predicted molar refractivity (Wildman–Crippen MR) is 115 cm³/mol. The van der Waals surface area contributed by atoms with E-state index in [2.05, 4.69) is 5.32 Å². The minimum Gasteiger partial charge on any atom is -0.449 e. The number of hydrogen-bond acceptors (Lipinski definition) is 5. The van der Waals surface area contributed by atoms with Crippen molar-refractivity contribution < 1.29 is 28.2 Å². The zero-order chi connectivity index (χ0) is 23.1.